The van der Waals surface area contributed by atoms with Crippen LogP contribution in [0, 0.1) is 5.92 Å². The van der Waals surface area contributed by atoms with Crippen LogP contribution in [0.4, 0.5) is 5.69 Å². The summed E-state index contributed by atoms with van der Waals surface area (Å²) in [6, 6.07) is 8.24. The Labute approximate surface area is 162 Å². The SMILES string of the molecule is CCOc1ccccc1N1CCN(C(=O)[C@@H]2CCC(=O)N(C(C)C)C2)CC1. The summed E-state index contributed by atoms with van der Waals surface area (Å²) in [5.74, 6) is 1.21. The van der Waals surface area contributed by atoms with Crippen LogP contribution in [-0.4, -0.2) is 67.0 Å². The van der Waals surface area contributed by atoms with Gasteiger partial charge in [0, 0.05) is 45.2 Å². The first kappa shape index (κ1) is 19.5. The van der Waals surface area contributed by atoms with Gasteiger partial charge in [-0.25, -0.2) is 0 Å². The second kappa shape index (κ2) is 8.63. The monoisotopic (exact) mass is 373 g/mol. The molecule has 0 aromatic heterocycles. The molecule has 0 spiro atoms. The molecule has 0 saturated carbocycles. The summed E-state index contributed by atoms with van der Waals surface area (Å²) in [4.78, 5) is 31.1. The van der Waals surface area contributed by atoms with Crippen molar-refractivity contribution in [1.82, 2.24) is 9.80 Å². The van der Waals surface area contributed by atoms with Crippen LogP contribution < -0.4 is 9.64 Å². The van der Waals surface area contributed by atoms with Crippen LogP contribution in [0.25, 0.3) is 0 Å². The number of hydrogen-bond acceptors (Lipinski definition) is 4. The van der Waals surface area contributed by atoms with E-state index in [9.17, 15) is 9.59 Å². The lowest BCUT2D eigenvalue weighted by Gasteiger charge is -2.40. The lowest BCUT2D eigenvalue weighted by atomic mass is 9.94. The van der Waals surface area contributed by atoms with Crippen molar-refractivity contribution in [3.8, 4) is 5.75 Å². The van der Waals surface area contributed by atoms with Gasteiger partial charge in [-0.1, -0.05) is 12.1 Å². The zero-order valence-corrected chi connectivity index (χ0v) is 16.7. The number of likely N-dealkylation sites (tertiary alicyclic amines) is 1. The minimum absolute atomic E-state index is 0.0626. The van der Waals surface area contributed by atoms with Crippen molar-refractivity contribution in [2.45, 2.75) is 39.7 Å². The van der Waals surface area contributed by atoms with Crippen molar-refractivity contribution in [3.05, 3.63) is 24.3 Å². The van der Waals surface area contributed by atoms with Gasteiger partial charge in [-0.05, 0) is 39.3 Å². The quantitative estimate of drug-likeness (QED) is 0.795. The second-order valence-corrected chi connectivity index (χ2v) is 7.59. The van der Waals surface area contributed by atoms with Crippen LogP contribution in [-0.2, 0) is 9.59 Å². The third-order valence-electron chi connectivity index (χ3n) is 5.51. The van der Waals surface area contributed by atoms with Crippen LogP contribution in [0.15, 0.2) is 24.3 Å². The number of piperazine rings is 1. The maximum atomic E-state index is 13.0. The van der Waals surface area contributed by atoms with Gasteiger partial charge in [0.1, 0.15) is 5.75 Å². The summed E-state index contributed by atoms with van der Waals surface area (Å²) in [5.41, 5.74) is 1.10. The van der Waals surface area contributed by atoms with Crippen LogP contribution >= 0.6 is 0 Å². The van der Waals surface area contributed by atoms with E-state index in [4.69, 9.17) is 4.74 Å². The minimum atomic E-state index is -0.0626. The van der Waals surface area contributed by atoms with Gasteiger partial charge in [-0.2, -0.15) is 0 Å². The van der Waals surface area contributed by atoms with Crippen molar-refractivity contribution < 1.29 is 14.3 Å². The van der Waals surface area contributed by atoms with Gasteiger partial charge in [0.2, 0.25) is 11.8 Å². The molecule has 0 aliphatic carbocycles. The van der Waals surface area contributed by atoms with Crippen LogP contribution in [0.3, 0.4) is 0 Å². The molecule has 0 radical (unpaired) electrons. The van der Waals surface area contributed by atoms with E-state index in [2.05, 4.69) is 11.0 Å². The highest BCUT2D eigenvalue weighted by Gasteiger charge is 2.34. The molecule has 1 atom stereocenters. The van der Waals surface area contributed by atoms with E-state index < -0.39 is 0 Å². The van der Waals surface area contributed by atoms with Gasteiger partial charge >= 0.3 is 0 Å². The normalized spacial score (nSPS) is 21.0. The van der Waals surface area contributed by atoms with Crippen molar-refractivity contribution in [3.63, 3.8) is 0 Å². The molecule has 27 heavy (non-hydrogen) atoms. The van der Waals surface area contributed by atoms with E-state index in [1.807, 2.05) is 48.8 Å². The Morgan fingerprint density at radius 1 is 1.19 bits per heavy atom. The number of carbonyl (C=O) groups excluding carboxylic acids is 2. The summed E-state index contributed by atoms with van der Waals surface area (Å²) in [6.45, 7) is 10.2. The standard InChI is InChI=1S/C21H31N3O3/c1-4-27-19-8-6-5-7-18(19)22-11-13-23(14-12-22)21(26)17-9-10-20(25)24(15-17)16(2)3/h5-8,16-17H,4,9-15H2,1-3H3/t17-/m1/s1. The Morgan fingerprint density at radius 2 is 1.89 bits per heavy atom. The second-order valence-electron chi connectivity index (χ2n) is 7.59. The van der Waals surface area contributed by atoms with Gasteiger partial charge in [0.15, 0.2) is 0 Å². The lowest BCUT2D eigenvalue weighted by Crippen LogP contribution is -2.54. The zero-order valence-electron chi connectivity index (χ0n) is 16.7. The van der Waals surface area contributed by atoms with Crippen molar-refractivity contribution in [2.75, 3.05) is 44.2 Å². The first-order chi connectivity index (χ1) is 13.0. The Morgan fingerprint density at radius 3 is 2.56 bits per heavy atom. The molecule has 2 saturated heterocycles. The molecule has 0 N–H and O–H groups in total. The van der Waals surface area contributed by atoms with Gasteiger partial charge in [0.05, 0.1) is 18.2 Å². The molecule has 2 fully saturated rings. The largest absolute Gasteiger partial charge is 0.492 e. The third-order valence-corrected chi connectivity index (χ3v) is 5.51. The molecule has 2 amide bonds. The lowest BCUT2D eigenvalue weighted by molar-refractivity contribution is -0.144. The number of anilines is 1. The highest BCUT2D eigenvalue weighted by atomic mass is 16.5. The summed E-state index contributed by atoms with van der Waals surface area (Å²) >= 11 is 0. The fraction of sp³-hybridized carbons (Fsp3) is 0.619. The summed E-state index contributed by atoms with van der Waals surface area (Å²) in [6.07, 6.45) is 1.16. The highest BCUT2D eigenvalue weighted by Crippen LogP contribution is 2.29. The van der Waals surface area contributed by atoms with E-state index in [1.54, 1.807) is 0 Å². The minimum Gasteiger partial charge on any atom is -0.492 e. The van der Waals surface area contributed by atoms with E-state index >= 15 is 0 Å². The highest BCUT2D eigenvalue weighted by molar-refractivity contribution is 5.84. The molecule has 2 aliphatic rings. The zero-order chi connectivity index (χ0) is 19.4. The molecule has 0 bridgehead atoms. The molecule has 148 valence electrons. The molecule has 6 heteroatoms. The van der Waals surface area contributed by atoms with Gasteiger partial charge < -0.3 is 19.4 Å². The third kappa shape index (κ3) is 4.37. The van der Waals surface area contributed by atoms with Crippen molar-refractivity contribution in [2.24, 2.45) is 5.92 Å². The van der Waals surface area contributed by atoms with Crippen LogP contribution in [0.1, 0.15) is 33.6 Å². The summed E-state index contributed by atoms with van der Waals surface area (Å²) < 4.78 is 5.74. The Bertz CT molecular complexity index is 668. The van der Waals surface area contributed by atoms with E-state index in [-0.39, 0.29) is 23.8 Å². The fourth-order valence-corrected chi connectivity index (χ4v) is 3.99. The number of para-hydroxylation sites is 2. The van der Waals surface area contributed by atoms with E-state index in [0.29, 0.717) is 39.1 Å². The van der Waals surface area contributed by atoms with Gasteiger partial charge in [-0.3, -0.25) is 9.59 Å². The number of carbonyl (C=O) groups is 2. The number of amides is 2. The van der Waals surface area contributed by atoms with Crippen molar-refractivity contribution in [1.29, 1.82) is 0 Å². The summed E-state index contributed by atoms with van der Waals surface area (Å²) in [5, 5.41) is 0. The van der Waals surface area contributed by atoms with Crippen molar-refractivity contribution >= 4 is 17.5 Å². The number of hydrogen-bond donors (Lipinski definition) is 0. The van der Waals surface area contributed by atoms with E-state index in [0.717, 1.165) is 24.5 Å². The first-order valence-corrected chi connectivity index (χ1v) is 10.1. The molecule has 1 aromatic carbocycles. The Hall–Kier alpha value is -2.24. The number of nitrogens with zero attached hydrogens (tertiary/aromatic N) is 3. The van der Waals surface area contributed by atoms with E-state index in [1.165, 1.54) is 0 Å². The van der Waals surface area contributed by atoms with Crippen LogP contribution in [0.5, 0.6) is 5.75 Å². The number of rotatable bonds is 5. The Balaban J connectivity index is 1.59. The number of benzene rings is 1. The molecule has 0 unspecified atom stereocenters. The first-order valence-electron chi connectivity index (χ1n) is 10.1. The Kier molecular flexibility index (Phi) is 6.24. The smallest absolute Gasteiger partial charge is 0.227 e. The predicted molar refractivity (Wildman–Crippen MR) is 106 cm³/mol. The number of ether oxygens (including phenoxy) is 1. The average Bonchev–Trinajstić information content (AvgIpc) is 2.68. The van der Waals surface area contributed by atoms with Crippen LogP contribution in [0.2, 0.25) is 0 Å². The maximum absolute atomic E-state index is 13.0. The van der Waals surface area contributed by atoms with Gasteiger partial charge in [-0.15, -0.1) is 0 Å². The summed E-state index contributed by atoms with van der Waals surface area (Å²) in [7, 11) is 0. The maximum Gasteiger partial charge on any atom is 0.227 e. The fourth-order valence-electron chi connectivity index (χ4n) is 3.99. The molecule has 2 heterocycles. The molecular formula is C21H31N3O3. The van der Waals surface area contributed by atoms with Gasteiger partial charge in [0.25, 0.3) is 0 Å². The predicted octanol–water partition coefficient (Wildman–Crippen LogP) is 2.38. The number of piperidine rings is 1. The molecule has 6 nitrogen and oxygen atoms in total. The molecule has 1 aromatic rings. The average molecular weight is 373 g/mol. The molecule has 2 aliphatic heterocycles. The molecular weight excluding hydrogens is 342 g/mol. The molecule has 3 rings (SSSR count). The topological polar surface area (TPSA) is 53.1 Å².